The third kappa shape index (κ3) is 4.19. The second-order valence-corrected chi connectivity index (χ2v) is 7.60. The highest BCUT2D eigenvalue weighted by molar-refractivity contribution is 5.79. The molecule has 0 aliphatic carbocycles. The summed E-state index contributed by atoms with van der Waals surface area (Å²) in [6.45, 7) is 0.961. The van der Waals surface area contributed by atoms with E-state index in [4.69, 9.17) is 0 Å². The third-order valence-electron chi connectivity index (χ3n) is 5.51. The van der Waals surface area contributed by atoms with E-state index in [1.54, 1.807) is 35.2 Å². The summed E-state index contributed by atoms with van der Waals surface area (Å²) < 4.78 is 14.4. The number of fused-ring (bicyclic) bond motifs is 1. The Morgan fingerprint density at radius 3 is 2.52 bits per heavy atom. The zero-order valence-electron chi connectivity index (χ0n) is 15.9. The summed E-state index contributed by atoms with van der Waals surface area (Å²) in [7, 11) is 0. The number of carbonyl (C=O) groups excluding carboxylic acids is 1. The van der Waals surface area contributed by atoms with Crippen LogP contribution in [0.25, 0.3) is 10.9 Å². The predicted octanol–water partition coefficient (Wildman–Crippen LogP) is 2.13. The number of hydrogen-bond donors (Lipinski definition) is 1. The van der Waals surface area contributed by atoms with Gasteiger partial charge in [0.25, 0.3) is 5.56 Å². The van der Waals surface area contributed by atoms with E-state index in [9.17, 15) is 19.1 Å². The van der Waals surface area contributed by atoms with Crippen molar-refractivity contribution < 1.29 is 14.3 Å². The molecule has 6 nitrogen and oxygen atoms in total. The van der Waals surface area contributed by atoms with Crippen LogP contribution in [0.4, 0.5) is 4.39 Å². The summed E-state index contributed by atoms with van der Waals surface area (Å²) in [5.41, 5.74) is 0.132. The molecule has 1 fully saturated rings. The number of carbonyl (C=O) groups is 1. The maximum absolute atomic E-state index is 13.0. The van der Waals surface area contributed by atoms with Crippen molar-refractivity contribution in [3.63, 3.8) is 0 Å². The number of amides is 1. The lowest BCUT2D eigenvalue weighted by molar-refractivity contribution is -0.135. The first-order valence-electron chi connectivity index (χ1n) is 9.62. The molecule has 29 heavy (non-hydrogen) atoms. The summed E-state index contributed by atoms with van der Waals surface area (Å²) in [6.07, 6.45) is 2.42. The van der Waals surface area contributed by atoms with E-state index < -0.39 is 5.60 Å². The van der Waals surface area contributed by atoms with Gasteiger partial charge in [-0.2, -0.15) is 0 Å². The van der Waals surface area contributed by atoms with Crippen LogP contribution in [0, 0.1) is 5.82 Å². The number of aliphatic hydroxyl groups is 1. The van der Waals surface area contributed by atoms with Crippen molar-refractivity contribution in [2.45, 2.75) is 31.4 Å². The van der Waals surface area contributed by atoms with Crippen LogP contribution in [-0.2, 0) is 17.8 Å². The monoisotopic (exact) mass is 395 g/mol. The molecular weight excluding hydrogens is 373 g/mol. The maximum Gasteiger partial charge on any atom is 0.261 e. The van der Waals surface area contributed by atoms with Crippen molar-refractivity contribution in [2.75, 3.05) is 13.1 Å². The number of aromatic nitrogens is 2. The number of rotatable bonds is 4. The number of hydrogen-bond acceptors (Lipinski definition) is 4. The Bertz CT molecular complexity index is 1090. The fourth-order valence-electron chi connectivity index (χ4n) is 3.75. The number of benzene rings is 2. The Hall–Kier alpha value is -3.06. The molecule has 2 aromatic carbocycles. The summed E-state index contributed by atoms with van der Waals surface area (Å²) in [6, 6.07) is 13.0. The Morgan fingerprint density at radius 1 is 1.10 bits per heavy atom. The van der Waals surface area contributed by atoms with Gasteiger partial charge in [0, 0.05) is 13.1 Å². The van der Waals surface area contributed by atoms with Crippen molar-refractivity contribution in [2.24, 2.45) is 0 Å². The van der Waals surface area contributed by atoms with Gasteiger partial charge in [0.2, 0.25) is 5.91 Å². The second-order valence-electron chi connectivity index (χ2n) is 7.60. The molecule has 1 saturated heterocycles. The molecule has 7 heteroatoms. The molecule has 2 heterocycles. The third-order valence-corrected chi connectivity index (χ3v) is 5.51. The van der Waals surface area contributed by atoms with Crippen LogP contribution in [0.5, 0.6) is 0 Å². The normalized spacial score (nSPS) is 16.1. The SMILES string of the molecule is O=C(Cc1ccc(F)cc1)N1CCC(O)(Cn2cnc3ccccc3c2=O)CC1. The Balaban J connectivity index is 1.40. The fourth-order valence-corrected chi connectivity index (χ4v) is 3.75. The summed E-state index contributed by atoms with van der Waals surface area (Å²) in [5, 5.41) is 11.5. The molecule has 1 aliphatic heterocycles. The van der Waals surface area contributed by atoms with Gasteiger partial charge in [0.15, 0.2) is 0 Å². The van der Waals surface area contributed by atoms with Crippen LogP contribution in [0.2, 0.25) is 0 Å². The Labute approximate surface area is 167 Å². The number of likely N-dealkylation sites (tertiary alicyclic amines) is 1. The van der Waals surface area contributed by atoms with E-state index in [0.29, 0.717) is 36.8 Å². The first-order chi connectivity index (χ1) is 13.9. The Morgan fingerprint density at radius 2 is 1.79 bits per heavy atom. The molecule has 3 aromatic rings. The second kappa shape index (κ2) is 7.75. The zero-order chi connectivity index (χ0) is 20.4. The van der Waals surface area contributed by atoms with Crippen molar-refractivity contribution in [3.05, 3.63) is 76.6 Å². The maximum atomic E-state index is 13.0. The molecule has 1 aliphatic rings. The minimum Gasteiger partial charge on any atom is -0.388 e. The van der Waals surface area contributed by atoms with E-state index >= 15 is 0 Å². The number of nitrogens with zero attached hydrogens (tertiary/aromatic N) is 3. The first-order valence-corrected chi connectivity index (χ1v) is 9.62. The Kier molecular flexibility index (Phi) is 5.15. The van der Waals surface area contributed by atoms with Gasteiger partial charge in [0.1, 0.15) is 5.82 Å². The lowest BCUT2D eigenvalue weighted by atomic mass is 9.91. The van der Waals surface area contributed by atoms with Crippen LogP contribution in [-0.4, -0.2) is 44.2 Å². The molecule has 0 saturated carbocycles. The van der Waals surface area contributed by atoms with Gasteiger partial charge in [-0.3, -0.25) is 14.2 Å². The standard InChI is InChI=1S/C22H22FN3O3/c23-17-7-5-16(6-8-17)13-20(27)25-11-9-22(29,10-12-25)14-26-15-24-19-4-2-1-3-18(19)21(26)28/h1-8,15,29H,9-14H2. The van der Waals surface area contributed by atoms with Crippen LogP contribution >= 0.6 is 0 Å². The highest BCUT2D eigenvalue weighted by atomic mass is 19.1. The molecule has 4 rings (SSSR count). The van der Waals surface area contributed by atoms with E-state index in [1.807, 2.05) is 6.07 Å². The van der Waals surface area contributed by atoms with Gasteiger partial charge in [-0.15, -0.1) is 0 Å². The number of halogens is 1. The minimum absolute atomic E-state index is 0.0526. The van der Waals surface area contributed by atoms with Crippen LogP contribution in [0.15, 0.2) is 59.7 Å². The highest BCUT2D eigenvalue weighted by Gasteiger charge is 2.34. The molecule has 0 spiro atoms. The lowest BCUT2D eigenvalue weighted by Gasteiger charge is -2.38. The quantitative estimate of drug-likeness (QED) is 0.734. The molecule has 1 aromatic heterocycles. The van der Waals surface area contributed by atoms with E-state index in [1.165, 1.54) is 23.0 Å². The van der Waals surface area contributed by atoms with E-state index in [0.717, 1.165) is 5.56 Å². The fraction of sp³-hybridized carbons (Fsp3) is 0.318. The van der Waals surface area contributed by atoms with Crippen molar-refractivity contribution in [3.8, 4) is 0 Å². The number of piperidine rings is 1. The van der Waals surface area contributed by atoms with Gasteiger partial charge >= 0.3 is 0 Å². The van der Waals surface area contributed by atoms with Gasteiger partial charge in [-0.1, -0.05) is 24.3 Å². The van der Waals surface area contributed by atoms with Crippen LogP contribution < -0.4 is 5.56 Å². The summed E-state index contributed by atoms with van der Waals surface area (Å²) in [5.74, 6) is -0.383. The topological polar surface area (TPSA) is 75.4 Å². The zero-order valence-corrected chi connectivity index (χ0v) is 15.9. The van der Waals surface area contributed by atoms with Crippen molar-refractivity contribution >= 4 is 16.8 Å². The molecule has 0 bridgehead atoms. The number of para-hydroxylation sites is 1. The average molecular weight is 395 g/mol. The largest absolute Gasteiger partial charge is 0.388 e. The average Bonchev–Trinajstić information content (AvgIpc) is 2.72. The first kappa shape index (κ1) is 19.3. The van der Waals surface area contributed by atoms with Gasteiger partial charge in [-0.05, 0) is 42.7 Å². The molecule has 150 valence electrons. The molecule has 1 amide bonds. The predicted molar refractivity (Wildman–Crippen MR) is 107 cm³/mol. The van der Waals surface area contributed by atoms with Crippen LogP contribution in [0.1, 0.15) is 18.4 Å². The lowest BCUT2D eigenvalue weighted by Crippen LogP contribution is -2.50. The molecule has 0 unspecified atom stereocenters. The van der Waals surface area contributed by atoms with E-state index in [2.05, 4.69) is 4.98 Å². The molecular formula is C22H22FN3O3. The van der Waals surface area contributed by atoms with Crippen molar-refractivity contribution in [1.29, 1.82) is 0 Å². The smallest absolute Gasteiger partial charge is 0.261 e. The molecule has 0 atom stereocenters. The van der Waals surface area contributed by atoms with Gasteiger partial charge < -0.3 is 10.0 Å². The molecule has 1 N–H and O–H groups in total. The highest BCUT2D eigenvalue weighted by Crippen LogP contribution is 2.24. The molecule has 0 radical (unpaired) electrons. The van der Waals surface area contributed by atoms with Gasteiger partial charge in [0.05, 0.1) is 35.8 Å². The van der Waals surface area contributed by atoms with Crippen LogP contribution in [0.3, 0.4) is 0 Å². The van der Waals surface area contributed by atoms with Crippen molar-refractivity contribution in [1.82, 2.24) is 14.5 Å². The van der Waals surface area contributed by atoms with Gasteiger partial charge in [-0.25, -0.2) is 9.37 Å². The summed E-state index contributed by atoms with van der Waals surface area (Å²) in [4.78, 5) is 31.2. The van der Waals surface area contributed by atoms with E-state index in [-0.39, 0.29) is 30.2 Å². The summed E-state index contributed by atoms with van der Waals surface area (Å²) >= 11 is 0. The minimum atomic E-state index is -1.07.